The topological polar surface area (TPSA) is 66.6 Å². The highest BCUT2D eigenvalue weighted by molar-refractivity contribution is 5.84. The minimum absolute atomic E-state index is 0.170. The number of nitrogens with two attached hydrogens (primary N) is 1. The summed E-state index contributed by atoms with van der Waals surface area (Å²) in [5.74, 6) is 1.08. The first-order valence-corrected chi connectivity index (χ1v) is 6.66. The van der Waals surface area contributed by atoms with Gasteiger partial charge in [-0.3, -0.25) is 4.79 Å². The summed E-state index contributed by atoms with van der Waals surface area (Å²) >= 11 is 0. The van der Waals surface area contributed by atoms with Crippen molar-refractivity contribution in [2.45, 2.75) is 39.2 Å². The molecule has 4 heteroatoms. The number of hydrogen-bond acceptors (Lipinski definition) is 3. The number of piperidine rings is 1. The summed E-state index contributed by atoms with van der Waals surface area (Å²) in [5.41, 5.74) is 5.47. The van der Waals surface area contributed by atoms with Crippen LogP contribution in [0.2, 0.25) is 0 Å². The number of rotatable bonds is 2. The van der Waals surface area contributed by atoms with Crippen LogP contribution in [0.3, 0.4) is 0 Å². The predicted molar refractivity (Wildman–Crippen MR) is 66.3 cm³/mol. The van der Waals surface area contributed by atoms with Crippen molar-refractivity contribution in [1.82, 2.24) is 4.90 Å². The number of nitrogens with zero attached hydrogens (tertiary/aromatic N) is 1. The van der Waals surface area contributed by atoms with Gasteiger partial charge in [0.2, 0.25) is 5.91 Å². The number of aliphatic hydroxyl groups excluding tert-OH is 1. The molecule has 0 aromatic heterocycles. The van der Waals surface area contributed by atoms with Crippen LogP contribution in [-0.2, 0) is 4.79 Å². The van der Waals surface area contributed by atoms with Gasteiger partial charge in [-0.2, -0.15) is 0 Å². The first-order valence-electron chi connectivity index (χ1n) is 6.66. The summed E-state index contributed by atoms with van der Waals surface area (Å²) in [7, 11) is 0. The third-order valence-electron chi connectivity index (χ3n) is 4.53. The summed E-state index contributed by atoms with van der Waals surface area (Å²) in [5, 5.41) is 9.85. The first kappa shape index (κ1) is 12.8. The van der Waals surface area contributed by atoms with Gasteiger partial charge in [-0.1, -0.05) is 13.8 Å². The lowest BCUT2D eigenvalue weighted by molar-refractivity contribution is -0.154. The van der Waals surface area contributed by atoms with Gasteiger partial charge >= 0.3 is 0 Å². The van der Waals surface area contributed by atoms with E-state index in [0.717, 1.165) is 25.8 Å². The Bertz CT molecular complexity index is 300. The SMILES string of the molecule is CC1CC(CN)(C(=O)N2CCC(C)C(O)C2)C1. The zero-order chi connectivity index (χ0) is 12.6. The summed E-state index contributed by atoms with van der Waals surface area (Å²) in [6, 6.07) is 0. The lowest BCUT2D eigenvalue weighted by atomic mass is 9.61. The summed E-state index contributed by atoms with van der Waals surface area (Å²) in [4.78, 5) is 14.3. The summed E-state index contributed by atoms with van der Waals surface area (Å²) in [6.07, 6.45) is 2.33. The van der Waals surface area contributed by atoms with Gasteiger partial charge in [-0.05, 0) is 31.1 Å². The fraction of sp³-hybridized carbons (Fsp3) is 0.923. The van der Waals surface area contributed by atoms with Gasteiger partial charge in [0.15, 0.2) is 0 Å². The standard InChI is InChI=1S/C13H24N2O2/c1-9-5-13(6-9,8-14)12(17)15-4-3-10(2)11(16)7-15/h9-11,16H,3-8,14H2,1-2H3. The Kier molecular flexibility index (Phi) is 3.46. The molecule has 0 bridgehead atoms. The second-order valence-electron chi connectivity index (χ2n) is 6.08. The molecule has 0 aromatic rings. The van der Waals surface area contributed by atoms with E-state index < -0.39 is 0 Å². The number of β-amino-alcohol motifs (C(OH)–C–C–N with tert-alkyl or cyclic N) is 1. The number of carbonyl (C=O) groups is 1. The van der Waals surface area contributed by atoms with Gasteiger partial charge in [-0.15, -0.1) is 0 Å². The Hall–Kier alpha value is -0.610. The third kappa shape index (κ3) is 2.20. The van der Waals surface area contributed by atoms with E-state index in [2.05, 4.69) is 6.92 Å². The lowest BCUT2D eigenvalue weighted by Gasteiger charge is -2.48. The molecule has 4 nitrogen and oxygen atoms in total. The molecule has 2 fully saturated rings. The van der Waals surface area contributed by atoms with Crippen LogP contribution < -0.4 is 5.73 Å². The van der Waals surface area contributed by atoms with Crippen molar-refractivity contribution in [3.8, 4) is 0 Å². The number of likely N-dealkylation sites (tertiary alicyclic amines) is 1. The van der Waals surface area contributed by atoms with Crippen LogP contribution in [0.15, 0.2) is 0 Å². The Morgan fingerprint density at radius 3 is 2.59 bits per heavy atom. The molecule has 2 rings (SSSR count). The van der Waals surface area contributed by atoms with E-state index in [9.17, 15) is 9.90 Å². The molecule has 2 aliphatic rings. The summed E-state index contributed by atoms with van der Waals surface area (Å²) in [6.45, 7) is 5.90. The number of aliphatic hydroxyl groups is 1. The van der Waals surface area contributed by atoms with E-state index in [-0.39, 0.29) is 17.4 Å². The van der Waals surface area contributed by atoms with Gasteiger partial charge in [0, 0.05) is 19.6 Å². The van der Waals surface area contributed by atoms with Gasteiger partial charge in [0.25, 0.3) is 0 Å². The quantitative estimate of drug-likeness (QED) is 0.742. The van der Waals surface area contributed by atoms with Gasteiger partial charge < -0.3 is 15.7 Å². The fourth-order valence-electron chi connectivity index (χ4n) is 3.27. The van der Waals surface area contributed by atoms with Crippen LogP contribution in [0.1, 0.15) is 33.1 Å². The Morgan fingerprint density at radius 2 is 2.12 bits per heavy atom. The second-order valence-corrected chi connectivity index (χ2v) is 6.08. The zero-order valence-corrected chi connectivity index (χ0v) is 10.9. The molecular weight excluding hydrogens is 216 g/mol. The zero-order valence-electron chi connectivity index (χ0n) is 10.9. The highest BCUT2D eigenvalue weighted by Crippen LogP contribution is 2.46. The van der Waals surface area contributed by atoms with Gasteiger partial charge in [0.1, 0.15) is 0 Å². The maximum atomic E-state index is 12.5. The van der Waals surface area contributed by atoms with Crippen LogP contribution >= 0.6 is 0 Å². The second kappa shape index (κ2) is 4.58. The van der Waals surface area contributed by atoms with Crippen molar-refractivity contribution >= 4 is 5.91 Å². The molecule has 1 amide bonds. The molecular formula is C13H24N2O2. The molecule has 1 saturated heterocycles. The monoisotopic (exact) mass is 240 g/mol. The van der Waals surface area contributed by atoms with Crippen LogP contribution in [0.4, 0.5) is 0 Å². The molecule has 1 saturated carbocycles. The Balaban J connectivity index is 2.00. The predicted octanol–water partition coefficient (Wildman–Crippen LogP) is 0.591. The Labute approximate surface area is 103 Å². The van der Waals surface area contributed by atoms with E-state index in [1.165, 1.54) is 0 Å². The van der Waals surface area contributed by atoms with Crippen molar-refractivity contribution < 1.29 is 9.90 Å². The summed E-state index contributed by atoms with van der Waals surface area (Å²) < 4.78 is 0. The normalized spacial score (nSPS) is 42.1. The first-order chi connectivity index (χ1) is 7.98. The van der Waals surface area contributed by atoms with E-state index in [4.69, 9.17) is 5.73 Å². The molecule has 1 aliphatic carbocycles. The van der Waals surface area contributed by atoms with Crippen molar-refractivity contribution in [3.63, 3.8) is 0 Å². The van der Waals surface area contributed by atoms with Gasteiger partial charge in [0.05, 0.1) is 11.5 Å². The van der Waals surface area contributed by atoms with E-state index >= 15 is 0 Å². The minimum atomic E-state index is -0.375. The smallest absolute Gasteiger partial charge is 0.230 e. The molecule has 1 heterocycles. The van der Waals surface area contributed by atoms with Crippen LogP contribution in [0, 0.1) is 17.3 Å². The van der Waals surface area contributed by atoms with Crippen molar-refractivity contribution in [2.75, 3.05) is 19.6 Å². The highest BCUT2D eigenvalue weighted by atomic mass is 16.3. The fourth-order valence-corrected chi connectivity index (χ4v) is 3.27. The molecule has 1 aliphatic heterocycles. The maximum Gasteiger partial charge on any atom is 0.230 e. The average molecular weight is 240 g/mol. The molecule has 98 valence electrons. The van der Waals surface area contributed by atoms with Crippen LogP contribution in [0.5, 0.6) is 0 Å². The van der Waals surface area contributed by atoms with E-state index in [0.29, 0.717) is 24.9 Å². The Morgan fingerprint density at radius 1 is 1.47 bits per heavy atom. The number of carbonyl (C=O) groups excluding carboxylic acids is 1. The van der Waals surface area contributed by atoms with Crippen LogP contribution in [0.25, 0.3) is 0 Å². The highest BCUT2D eigenvalue weighted by Gasteiger charge is 2.49. The maximum absolute atomic E-state index is 12.5. The largest absolute Gasteiger partial charge is 0.391 e. The minimum Gasteiger partial charge on any atom is -0.391 e. The van der Waals surface area contributed by atoms with E-state index in [1.807, 2.05) is 11.8 Å². The number of hydrogen-bond donors (Lipinski definition) is 2. The van der Waals surface area contributed by atoms with Crippen molar-refractivity contribution in [1.29, 1.82) is 0 Å². The molecule has 0 spiro atoms. The lowest BCUT2D eigenvalue weighted by Crippen LogP contribution is -2.57. The average Bonchev–Trinajstić information content (AvgIpc) is 2.27. The van der Waals surface area contributed by atoms with Crippen LogP contribution in [-0.4, -0.2) is 41.7 Å². The van der Waals surface area contributed by atoms with E-state index in [1.54, 1.807) is 0 Å². The van der Waals surface area contributed by atoms with Gasteiger partial charge in [-0.25, -0.2) is 0 Å². The molecule has 0 radical (unpaired) electrons. The molecule has 17 heavy (non-hydrogen) atoms. The molecule has 2 unspecified atom stereocenters. The number of amides is 1. The van der Waals surface area contributed by atoms with Crippen molar-refractivity contribution in [3.05, 3.63) is 0 Å². The molecule has 0 aromatic carbocycles. The molecule has 2 atom stereocenters. The van der Waals surface area contributed by atoms with Crippen molar-refractivity contribution in [2.24, 2.45) is 23.0 Å². The third-order valence-corrected chi connectivity index (χ3v) is 4.53. The molecule has 3 N–H and O–H groups in total.